The summed E-state index contributed by atoms with van der Waals surface area (Å²) in [5.74, 6) is -0.0591. The third-order valence-corrected chi connectivity index (χ3v) is 8.47. The van der Waals surface area contributed by atoms with Gasteiger partial charge in [-0.1, -0.05) is 17.9 Å². The van der Waals surface area contributed by atoms with Crippen LogP contribution in [0.3, 0.4) is 0 Å². The lowest BCUT2D eigenvalue weighted by Crippen LogP contribution is -2.80. The summed E-state index contributed by atoms with van der Waals surface area (Å²) in [6.07, 6.45) is -0.707. The molecule has 12 heteroatoms. The maximum Gasteiger partial charge on any atom is 0.255 e. The first kappa shape index (κ1) is 29.1. The van der Waals surface area contributed by atoms with E-state index in [1.54, 1.807) is 30.3 Å². The van der Waals surface area contributed by atoms with Gasteiger partial charge in [-0.15, -0.1) is 0 Å². The van der Waals surface area contributed by atoms with Gasteiger partial charge >= 0.3 is 0 Å². The highest BCUT2D eigenvalue weighted by atomic mass is 16.3. The van der Waals surface area contributed by atoms with E-state index in [0.29, 0.717) is 16.7 Å². The number of aliphatic hydroxyl groups is 2. The topological polar surface area (TPSA) is 241 Å². The van der Waals surface area contributed by atoms with Crippen molar-refractivity contribution in [1.82, 2.24) is 4.90 Å². The van der Waals surface area contributed by atoms with Crippen LogP contribution in [0, 0.1) is 39.9 Å². The first-order valence-corrected chi connectivity index (χ1v) is 13.0. The third-order valence-electron chi connectivity index (χ3n) is 8.47. The largest absolute Gasteiger partial charge is 0.509 e. The Bertz CT molecular complexity index is 1890. The third kappa shape index (κ3) is 3.77. The van der Waals surface area contributed by atoms with Gasteiger partial charge in [0, 0.05) is 11.1 Å². The van der Waals surface area contributed by atoms with Gasteiger partial charge in [0.2, 0.25) is 0 Å². The number of nitrogens with zero attached hydrogens (tertiary/aromatic N) is 3. The van der Waals surface area contributed by atoms with Crippen LogP contribution in [0.15, 0.2) is 53.3 Å². The highest BCUT2D eigenvalue weighted by Gasteiger charge is 2.74. The summed E-state index contributed by atoms with van der Waals surface area (Å²) in [6.45, 7) is 0. The average Bonchev–Trinajstić information content (AvgIpc) is 2.91. The number of primary amides is 1. The van der Waals surface area contributed by atoms with Crippen molar-refractivity contribution in [1.29, 1.82) is 10.5 Å². The number of phenols is 1. The van der Waals surface area contributed by atoms with E-state index < -0.39 is 74.8 Å². The highest BCUT2D eigenvalue weighted by Crippen LogP contribution is 2.58. The minimum Gasteiger partial charge on any atom is -0.509 e. The number of ketones is 2. The second-order valence-electron chi connectivity index (χ2n) is 11.2. The fraction of sp³-hybridized carbons (Fsp3) is 0.258. The van der Waals surface area contributed by atoms with E-state index in [9.17, 15) is 40.2 Å². The van der Waals surface area contributed by atoms with Crippen LogP contribution in [0.1, 0.15) is 34.2 Å². The summed E-state index contributed by atoms with van der Waals surface area (Å²) >= 11 is 0. The lowest BCUT2D eigenvalue weighted by atomic mass is 9.47. The number of hydrogen-bond acceptors (Lipinski definition) is 11. The van der Waals surface area contributed by atoms with Crippen LogP contribution in [0.25, 0.3) is 5.76 Å². The van der Waals surface area contributed by atoms with Crippen molar-refractivity contribution in [3.05, 3.63) is 81.1 Å². The van der Waals surface area contributed by atoms with Gasteiger partial charge in [-0.05, 0) is 62.8 Å². The number of aromatic hydroxyl groups is 1. The van der Waals surface area contributed by atoms with Gasteiger partial charge in [0.1, 0.15) is 22.8 Å². The molecule has 1 amide bonds. The van der Waals surface area contributed by atoms with Crippen LogP contribution in [0.5, 0.6) is 5.75 Å². The van der Waals surface area contributed by atoms with Crippen molar-refractivity contribution in [2.75, 3.05) is 14.1 Å². The number of amides is 1. The Morgan fingerprint density at radius 3 is 2.33 bits per heavy atom. The Kier molecular flexibility index (Phi) is 6.45. The molecule has 0 aliphatic heterocycles. The van der Waals surface area contributed by atoms with Crippen LogP contribution < -0.4 is 17.2 Å². The molecule has 0 aromatic heterocycles. The van der Waals surface area contributed by atoms with Crippen LogP contribution in [0.4, 0.5) is 0 Å². The van der Waals surface area contributed by atoms with Gasteiger partial charge in [0.25, 0.3) is 5.91 Å². The van der Waals surface area contributed by atoms with E-state index in [1.165, 1.54) is 31.1 Å². The van der Waals surface area contributed by atoms with E-state index in [1.807, 2.05) is 6.07 Å². The number of likely N-dealkylation sites (N-methyl/N-ethyl adjacent to an activating group) is 1. The lowest BCUT2D eigenvalue weighted by Gasteiger charge is -2.58. The Hall–Kier alpha value is -5.45. The van der Waals surface area contributed by atoms with Crippen molar-refractivity contribution in [2.24, 2.45) is 22.6 Å². The number of Topliss-reactive ketones (excluding diaryl/α,β-unsaturated/α-hetero) is 2. The molecule has 4 atom stereocenters. The summed E-state index contributed by atoms with van der Waals surface area (Å²) in [4.78, 5) is 41.5. The van der Waals surface area contributed by atoms with Crippen molar-refractivity contribution in [3.63, 3.8) is 0 Å². The fourth-order valence-corrected chi connectivity index (χ4v) is 6.75. The van der Waals surface area contributed by atoms with E-state index in [0.717, 1.165) is 0 Å². The zero-order chi connectivity index (χ0) is 31.6. The monoisotopic (exact) mass is 578 g/mol. The Morgan fingerprint density at radius 2 is 1.72 bits per heavy atom. The van der Waals surface area contributed by atoms with Crippen LogP contribution in [-0.2, 0) is 20.8 Å². The molecular formula is C31H26N6O6. The Morgan fingerprint density at radius 1 is 1.05 bits per heavy atom. The number of benzene rings is 2. The van der Waals surface area contributed by atoms with Gasteiger partial charge in [-0.3, -0.25) is 19.3 Å². The normalized spacial score (nSPS) is 27.7. The summed E-state index contributed by atoms with van der Waals surface area (Å²) in [5, 5.41) is 53.3. The Balaban J connectivity index is 1.79. The first-order valence-electron chi connectivity index (χ1n) is 13.0. The molecule has 1 saturated carbocycles. The number of carbonyl (C=O) groups is 3. The van der Waals surface area contributed by atoms with Gasteiger partial charge in [-0.2, -0.15) is 10.5 Å². The Labute approximate surface area is 245 Å². The molecule has 0 spiro atoms. The van der Waals surface area contributed by atoms with Crippen LogP contribution in [0.2, 0.25) is 0 Å². The summed E-state index contributed by atoms with van der Waals surface area (Å²) in [6, 6.07) is 11.6. The molecule has 0 radical (unpaired) electrons. The maximum absolute atomic E-state index is 14.4. The van der Waals surface area contributed by atoms with Gasteiger partial charge < -0.3 is 32.5 Å². The molecule has 9 N–H and O–H groups in total. The van der Waals surface area contributed by atoms with E-state index in [4.69, 9.17) is 17.2 Å². The number of carbonyl (C=O) groups excluding carboxylic acids is 3. The maximum atomic E-state index is 14.4. The summed E-state index contributed by atoms with van der Waals surface area (Å²) in [5.41, 5.74) is 12.3. The summed E-state index contributed by atoms with van der Waals surface area (Å²) < 4.78 is 0. The number of nitriles is 2. The molecule has 0 heterocycles. The lowest BCUT2D eigenvalue weighted by molar-refractivity contribution is -0.139. The van der Waals surface area contributed by atoms with E-state index in [2.05, 4.69) is 11.8 Å². The van der Waals surface area contributed by atoms with E-state index in [-0.39, 0.29) is 17.5 Å². The quantitative estimate of drug-likeness (QED) is 0.207. The van der Waals surface area contributed by atoms with Crippen molar-refractivity contribution in [3.8, 4) is 29.7 Å². The number of aliphatic hydroxyl groups excluding tert-OH is 2. The zero-order valence-corrected chi connectivity index (χ0v) is 23.1. The number of nitrogens with two attached hydrogens (primary N) is 3. The van der Waals surface area contributed by atoms with Gasteiger partial charge in [0.05, 0.1) is 46.0 Å². The predicted octanol–water partition coefficient (Wildman–Crippen LogP) is 0.177. The molecule has 0 unspecified atom stereocenters. The summed E-state index contributed by atoms with van der Waals surface area (Å²) in [7, 11) is 2.89. The zero-order valence-electron chi connectivity index (χ0n) is 23.1. The molecule has 2 aromatic rings. The smallest absolute Gasteiger partial charge is 0.255 e. The SMILES string of the molecule is CN(C)[C@@H]1C(=O)C(C(N)=O)=C(O)[C@@]2(C#N)C(=O)C3=C(O)c4c(O)ccc(C#Cc5cccc(C#N)c5)c4C[C@@]3(N)C[C@@]12N. The molecule has 216 valence electrons. The van der Waals surface area contributed by atoms with Crippen LogP contribution in [-0.4, -0.2) is 68.9 Å². The second kappa shape index (κ2) is 9.55. The van der Waals surface area contributed by atoms with Gasteiger partial charge in [-0.25, -0.2) is 0 Å². The molecule has 3 aliphatic rings. The molecule has 5 rings (SSSR count). The van der Waals surface area contributed by atoms with Crippen molar-refractivity contribution in [2.45, 2.75) is 30.0 Å². The number of fused-ring (bicyclic) bond motifs is 3. The predicted molar refractivity (Wildman–Crippen MR) is 151 cm³/mol. The molecule has 1 fully saturated rings. The minimum absolute atomic E-state index is 0.158. The molecule has 3 aliphatic carbocycles. The second-order valence-corrected chi connectivity index (χ2v) is 11.2. The molecule has 2 aromatic carbocycles. The van der Waals surface area contributed by atoms with Crippen LogP contribution >= 0.6 is 0 Å². The average molecular weight is 579 g/mol. The van der Waals surface area contributed by atoms with Gasteiger partial charge in [0.15, 0.2) is 17.0 Å². The molecule has 0 saturated heterocycles. The number of rotatable bonds is 2. The fourth-order valence-electron chi connectivity index (χ4n) is 6.75. The molecular weight excluding hydrogens is 552 g/mol. The molecule has 43 heavy (non-hydrogen) atoms. The van der Waals surface area contributed by atoms with E-state index >= 15 is 0 Å². The minimum atomic E-state index is -2.73. The standard InChI is InChI=1S/C31H26N6O6/c1-37(2)25-24(40)21(28(34)43)26(41)30(14-33)27(42)22-23(39)20-18(11-29(22,35)13-31(25,30)36)17(8-9-19(20)38)7-6-15-4-3-5-16(10-15)12-32/h3-5,8-10,25,38-39,41H,11,13,35-36H2,1-2H3,(H2,34,43)/t25-,29-,30+,31-/m1/s1. The van der Waals surface area contributed by atoms with Crippen molar-refractivity contribution >= 4 is 23.2 Å². The molecule has 12 nitrogen and oxygen atoms in total. The first-order chi connectivity index (χ1) is 20.2. The number of hydrogen-bond donors (Lipinski definition) is 6. The molecule has 0 bridgehead atoms. The van der Waals surface area contributed by atoms with Crippen molar-refractivity contribution < 1.29 is 29.7 Å². The number of phenolic OH excluding ortho intramolecular Hbond substituents is 1. The highest BCUT2D eigenvalue weighted by molar-refractivity contribution is 6.25.